The fraction of sp³-hybridized carbons (Fsp3) is 0.318. The van der Waals surface area contributed by atoms with Gasteiger partial charge in [0.05, 0.1) is 12.3 Å². The van der Waals surface area contributed by atoms with Crippen LogP contribution in [0.3, 0.4) is 0 Å². The van der Waals surface area contributed by atoms with Crippen LogP contribution < -0.4 is 15.4 Å². The second-order valence-corrected chi connectivity index (χ2v) is 6.65. The maximum Gasteiger partial charge on any atom is 0.326 e. The van der Waals surface area contributed by atoms with E-state index in [0.29, 0.717) is 17.9 Å². The molecule has 0 bridgehead atoms. The van der Waals surface area contributed by atoms with Gasteiger partial charge in [0.25, 0.3) is 11.8 Å². The van der Waals surface area contributed by atoms with Crippen molar-refractivity contribution < 1.29 is 32.6 Å². The summed E-state index contributed by atoms with van der Waals surface area (Å²) in [6.07, 6.45) is 0.655. The molecule has 2 amide bonds. The highest BCUT2D eigenvalue weighted by molar-refractivity contribution is 5.97. The molecule has 0 spiro atoms. The average molecular weight is 434 g/mol. The third-order valence-electron chi connectivity index (χ3n) is 4.14. The third kappa shape index (κ3) is 7.69. The summed E-state index contributed by atoms with van der Waals surface area (Å²) < 4.78 is 37.2. The summed E-state index contributed by atoms with van der Waals surface area (Å²) in [6, 6.07) is 9.01. The first-order chi connectivity index (χ1) is 14.8. The Balaban J connectivity index is 1.79. The van der Waals surface area contributed by atoms with E-state index in [9.17, 15) is 23.2 Å². The van der Waals surface area contributed by atoms with Gasteiger partial charge in [0, 0.05) is 11.6 Å². The van der Waals surface area contributed by atoms with Gasteiger partial charge in [0.15, 0.2) is 6.10 Å². The predicted octanol–water partition coefficient (Wildman–Crippen LogP) is 3.44. The van der Waals surface area contributed by atoms with E-state index in [4.69, 9.17) is 9.47 Å². The Hall–Kier alpha value is -3.49. The van der Waals surface area contributed by atoms with Gasteiger partial charge in [-0.3, -0.25) is 14.4 Å². The first-order valence-corrected chi connectivity index (χ1v) is 9.76. The van der Waals surface area contributed by atoms with E-state index in [1.165, 1.54) is 6.92 Å². The zero-order valence-electron chi connectivity index (χ0n) is 17.2. The molecule has 0 fully saturated rings. The molecule has 0 aliphatic rings. The smallest absolute Gasteiger partial charge is 0.326 e. The Labute approximate surface area is 178 Å². The van der Waals surface area contributed by atoms with E-state index in [0.717, 1.165) is 31.0 Å². The van der Waals surface area contributed by atoms with Gasteiger partial charge < -0.3 is 20.1 Å². The minimum absolute atomic E-state index is 0.322. The van der Waals surface area contributed by atoms with Crippen molar-refractivity contribution in [3.8, 4) is 5.75 Å². The minimum Gasteiger partial charge on any atom is -0.494 e. The SMILES string of the molecule is CCCCOc1ccc(C(=O)NCC(=O)OC(C)C(=O)Nc2cc(F)ccc2F)cc1. The molecule has 0 radical (unpaired) electrons. The number of ether oxygens (including phenoxy) is 2. The molecule has 1 atom stereocenters. The Morgan fingerprint density at radius 1 is 1.06 bits per heavy atom. The molecular formula is C22H24F2N2O5. The molecule has 0 heterocycles. The van der Waals surface area contributed by atoms with Crippen molar-refractivity contribution in [2.24, 2.45) is 0 Å². The molecule has 2 aromatic carbocycles. The Morgan fingerprint density at radius 2 is 1.77 bits per heavy atom. The zero-order valence-corrected chi connectivity index (χ0v) is 17.2. The summed E-state index contributed by atoms with van der Waals surface area (Å²) in [6.45, 7) is 3.44. The second kappa shape index (κ2) is 11.6. The van der Waals surface area contributed by atoms with E-state index in [1.807, 2.05) is 0 Å². The van der Waals surface area contributed by atoms with Crippen molar-refractivity contribution in [3.63, 3.8) is 0 Å². The normalized spacial score (nSPS) is 11.4. The lowest BCUT2D eigenvalue weighted by molar-refractivity contribution is -0.152. The maximum absolute atomic E-state index is 13.6. The summed E-state index contributed by atoms with van der Waals surface area (Å²) in [7, 11) is 0. The number of benzene rings is 2. The summed E-state index contributed by atoms with van der Waals surface area (Å²) in [5.74, 6) is -3.14. The summed E-state index contributed by atoms with van der Waals surface area (Å²) >= 11 is 0. The molecule has 0 saturated heterocycles. The standard InChI is InChI=1S/C22H24F2N2O5/c1-3-4-11-30-17-8-5-15(6-9-17)22(29)25-13-20(27)31-14(2)21(28)26-19-12-16(23)7-10-18(19)24/h5-10,12,14H,3-4,11,13H2,1-2H3,(H,25,29)(H,26,28). The van der Waals surface area contributed by atoms with Gasteiger partial charge in [-0.15, -0.1) is 0 Å². The number of anilines is 1. The number of esters is 1. The molecule has 7 nitrogen and oxygen atoms in total. The van der Waals surface area contributed by atoms with Crippen LogP contribution in [0.4, 0.5) is 14.5 Å². The molecule has 1 unspecified atom stereocenters. The highest BCUT2D eigenvalue weighted by Crippen LogP contribution is 2.16. The quantitative estimate of drug-likeness (QED) is 0.441. The lowest BCUT2D eigenvalue weighted by Gasteiger charge is -2.14. The van der Waals surface area contributed by atoms with Gasteiger partial charge in [-0.2, -0.15) is 0 Å². The van der Waals surface area contributed by atoms with Gasteiger partial charge in [-0.1, -0.05) is 13.3 Å². The van der Waals surface area contributed by atoms with Crippen LogP contribution in [0.1, 0.15) is 37.0 Å². The zero-order chi connectivity index (χ0) is 22.8. The average Bonchev–Trinajstić information content (AvgIpc) is 2.75. The molecule has 0 aliphatic heterocycles. The number of carbonyl (C=O) groups excluding carboxylic acids is 3. The van der Waals surface area contributed by atoms with Crippen LogP contribution in [-0.2, 0) is 14.3 Å². The maximum atomic E-state index is 13.6. The van der Waals surface area contributed by atoms with Crippen LogP contribution in [-0.4, -0.2) is 37.0 Å². The number of nitrogens with one attached hydrogen (secondary N) is 2. The molecule has 0 aromatic heterocycles. The molecule has 9 heteroatoms. The van der Waals surface area contributed by atoms with Gasteiger partial charge in [0.1, 0.15) is 23.9 Å². The number of rotatable bonds is 10. The molecule has 2 rings (SSSR count). The van der Waals surface area contributed by atoms with Crippen LogP contribution in [0, 0.1) is 11.6 Å². The molecule has 2 N–H and O–H groups in total. The van der Waals surface area contributed by atoms with E-state index >= 15 is 0 Å². The molecule has 0 saturated carbocycles. The number of amides is 2. The summed E-state index contributed by atoms with van der Waals surface area (Å²) in [5, 5.41) is 4.53. The van der Waals surface area contributed by atoms with Crippen LogP contribution in [0.2, 0.25) is 0 Å². The number of unbranched alkanes of at least 4 members (excludes halogenated alkanes) is 1. The van der Waals surface area contributed by atoms with Crippen LogP contribution in [0.5, 0.6) is 5.75 Å². The third-order valence-corrected chi connectivity index (χ3v) is 4.14. The Bertz CT molecular complexity index is 919. The largest absolute Gasteiger partial charge is 0.494 e. The van der Waals surface area contributed by atoms with Crippen molar-refractivity contribution in [2.45, 2.75) is 32.8 Å². The fourth-order valence-electron chi connectivity index (χ4n) is 2.41. The van der Waals surface area contributed by atoms with Gasteiger partial charge in [0.2, 0.25) is 0 Å². The predicted molar refractivity (Wildman–Crippen MR) is 110 cm³/mol. The summed E-state index contributed by atoms with van der Waals surface area (Å²) in [5.41, 5.74) is -0.0497. The molecule has 166 valence electrons. The highest BCUT2D eigenvalue weighted by Gasteiger charge is 2.20. The number of halogens is 2. The lowest BCUT2D eigenvalue weighted by Crippen LogP contribution is -2.36. The van der Waals surface area contributed by atoms with Crippen LogP contribution in [0.15, 0.2) is 42.5 Å². The highest BCUT2D eigenvalue weighted by atomic mass is 19.1. The van der Waals surface area contributed by atoms with E-state index in [1.54, 1.807) is 24.3 Å². The molecule has 0 aliphatic carbocycles. The first-order valence-electron chi connectivity index (χ1n) is 9.76. The second-order valence-electron chi connectivity index (χ2n) is 6.65. The van der Waals surface area contributed by atoms with Crippen LogP contribution in [0.25, 0.3) is 0 Å². The Kier molecular flexibility index (Phi) is 8.93. The number of hydrogen-bond acceptors (Lipinski definition) is 5. The molecule has 2 aromatic rings. The first kappa shape index (κ1) is 23.8. The van der Waals surface area contributed by atoms with Crippen LogP contribution >= 0.6 is 0 Å². The fourth-order valence-corrected chi connectivity index (χ4v) is 2.41. The van der Waals surface area contributed by atoms with E-state index < -0.39 is 42.1 Å². The van der Waals surface area contributed by atoms with Crippen molar-refractivity contribution >= 4 is 23.5 Å². The van der Waals surface area contributed by atoms with Gasteiger partial charge in [-0.05, 0) is 49.7 Å². The summed E-state index contributed by atoms with van der Waals surface area (Å²) in [4.78, 5) is 36.1. The Morgan fingerprint density at radius 3 is 2.45 bits per heavy atom. The van der Waals surface area contributed by atoms with Crippen molar-refractivity contribution in [1.29, 1.82) is 0 Å². The lowest BCUT2D eigenvalue weighted by atomic mass is 10.2. The molecular weight excluding hydrogens is 410 g/mol. The van der Waals surface area contributed by atoms with Crippen molar-refractivity contribution in [1.82, 2.24) is 5.32 Å². The monoisotopic (exact) mass is 434 g/mol. The number of hydrogen-bond donors (Lipinski definition) is 2. The van der Waals surface area contributed by atoms with E-state index in [-0.39, 0.29) is 5.69 Å². The van der Waals surface area contributed by atoms with E-state index in [2.05, 4.69) is 17.6 Å². The van der Waals surface area contributed by atoms with Crippen molar-refractivity contribution in [2.75, 3.05) is 18.5 Å². The number of carbonyl (C=O) groups is 3. The molecule has 31 heavy (non-hydrogen) atoms. The topological polar surface area (TPSA) is 93.7 Å². The van der Waals surface area contributed by atoms with Gasteiger partial charge in [-0.25, -0.2) is 8.78 Å². The minimum atomic E-state index is -1.29. The van der Waals surface area contributed by atoms with Gasteiger partial charge >= 0.3 is 5.97 Å². The van der Waals surface area contributed by atoms with Crippen molar-refractivity contribution in [3.05, 3.63) is 59.7 Å².